The summed E-state index contributed by atoms with van der Waals surface area (Å²) >= 11 is 0. The van der Waals surface area contributed by atoms with Crippen molar-refractivity contribution in [2.75, 3.05) is 13.2 Å². The maximum atomic E-state index is 10.6. The molecule has 0 aliphatic carbocycles. The average Bonchev–Trinajstić information content (AvgIpc) is 2.10. The summed E-state index contributed by atoms with van der Waals surface area (Å²) in [5.41, 5.74) is 10.2. The topological polar surface area (TPSA) is 129 Å². The van der Waals surface area contributed by atoms with Gasteiger partial charge in [0, 0.05) is 6.08 Å². The van der Waals surface area contributed by atoms with Gasteiger partial charge >= 0.3 is 5.97 Å². The number of esters is 1. The molecular formula is C7H13N5O2. The van der Waals surface area contributed by atoms with Crippen LogP contribution in [0, 0.1) is 10.8 Å². The minimum absolute atomic E-state index is 0.00991. The van der Waals surface area contributed by atoms with E-state index in [-0.39, 0.29) is 25.1 Å². The summed E-state index contributed by atoms with van der Waals surface area (Å²) in [6, 6.07) is 0. The Morgan fingerprint density at radius 3 is 2.29 bits per heavy atom. The molecular weight excluding hydrogens is 186 g/mol. The zero-order valence-corrected chi connectivity index (χ0v) is 7.62. The van der Waals surface area contributed by atoms with Crippen molar-refractivity contribution in [1.29, 1.82) is 10.8 Å². The second-order valence-corrected chi connectivity index (χ2v) is 2.29. The number of carbonyl (C=O) groups is 1. The van der Waals surface area contributed by atoms with Gasteiger partial charge in [-0.2, -0.15) is 0 Å². The number of nitrogens with one attached hydrogen (secondary N) is 2. The third-order valence-corrected chi connectivity index (χ3v) is 1.31. The lowest BCUT2D eigenvalue weighted by Crippen LogP contribution is -2.46. The summed E-state index contributed by atoms with van der Waals surface area (Å²) in [4.78, 5) is 11.6. The Morgan fingerprint density at radius 2 is 1.93 bits per heavy atom. The third-order valence-electron chi connectivity index (χ3n) is 1.31. The van der Waals surface area contributed by atoms with E-state index in [0.29, 0.717) is 0 Å². The van der Waals surface area contributed by atoms with E-state index in [2.05, 4.69) is 11.3 Å². The molecule has 78 valence electrons. The molecule has 0 radical (unpaired) electrons. The summed E-state index contributed by atoms with van der Waals surface area (Å²) in [5, 5.41) is 14.1. The van der Waals surface area contributed by atoms with E-state index in [1.165, 1.54) is 0 Å². The van der Waals surface area contributed by atoms with Crippen molar-refractivity contribution < 1.29 is 9.53 Å². The Labute approximate surface area is 81.3 Å². The molecule has 0 amide bonds. The highest BCUT2D eigenvalue weighted by atomic mass is 16.5. The van der Waals surface area contributed by atoms with Crippen LogP contribution in [0.25, 0.3) is 0 Å². The minimum atomic E-state index is -0.572. The van der Waals surface area contributed by atoms with E-state index >= 15 is 0 Å². The number of hydrogen-bond donors (Lipinski definition) is 4. The highest BCUT2D eigenvalue weighted by Gasteiger charge is 2.09. The normalized spacial score (nSPS) is 8.86. The maximum Gasteiger partial charge on any atom is 0.330 e. The summed E-state index contributed by atoms with van der Waals surface area (Å²) < 4.78 is 4.62. The number of nitrogens with zero attached hydrogens (tertiary/aromatic N) is 1. The van der Waals surface area contributed by atoms with E-state index in [4.69, 9.17) is 22.3 Å². The van der Waals surface area contributed by atoms with E-state index in [9.17, 15) is 4.79 Å². The minimum Gasteiger partial charge on any atom is -0.461 e. The number of ether oxygens (including phenoxy) is 1. The molecule has 6 N–H and O–H groups in total. The second-order valence-electron chi connectivity index (χ2n) is 2.29. The largest absolute Gasteiger partial charge is 0.461 e. The lowest BCUT2D eigenvalue weighted by Gasteiger charge is -2.19. The zero-order chi connectivity index (χ0) is 11.1. The van der Waals surface area contributed by atoms with Crippen LogP contribution in [0.3, 0.4) is 0 Å². The fraction of sp³-hybridized carbons (Fsp3) is 0.286. The number of carbonyl (C=O) groups excluding carboxylic acids is 1. The van der Waals surface area contributed by atoms with Crippen LogP contribution in [-0.2, 0) is 9.53 Å². The van der Waals surface area contributed by atoms with E-state index < -0.39 is 5.97 Å². The van der Waals surface area contributed by atoms with Gasteiger partial charge in [0.25, 0.3) is 0 Å². The van der Waals surface area contributed by atoms with E-state index in [1.807, 2.05) is 0 Å². The van der Waals surface area contributed by atoms with Gasteiger partial charge in [0.15, 0.2) is 11.9 Å². The molecule has 0 aliphatic heterocycles. The smallest absolute Gasteiger partial charge is 0.330 e. The first-order valence-electron chi connectivity index (χ1n) is 3.73. The first-order valence-corrected chi connectivity index (χ1v) is 3.73. The Morgan fingerprint density at radius 1 is 1.43 bits per heavy atom. The molecule has 0 saturated heterocycles. The SMILES string of the molecule is C=CC(=O)OCCN(C(=N)N)C(=N)N. The van der Waals surface area contributed by atoms with Crippen LogP contribution in [0.4, 0.5) is 0 Å². The highest BCUT2D eigenvalue weighted by Crippen LogP contribution is 1.87. The van der Waals surface area contributed by atoms with Crippen molar-refractivity contribution in [2.45, 2.75) is 0 Å². The Bertz CT molecular complexity index is 249. The monoisotopic (exact) mass is 199 g/mol. The van der Waals surface area contributed by atoms with Gasteiger partial charge in [-0.05, 0) is 0 Å². The van der Waals surface area contributed by atoms with Crippen molar-refractivity contribution in [3.05, 3.63) is 12.7 Å². The lowest BCUT2D eigenvalue weighted by molar-refractivity contribution is -0.137. The van der Waals surface area contributed by atoms with Crippen LogP contribution in [0.15, 0.2) is 12.7 Å². The summed E-state index contributed by atoms with van der Waals surface area (Å²) in [6.45, 7) is 3.27. The van der Waals surface area contributed by atoms with Gasteiger partial charge in [0.1, 0.15) is 6.61 Å². The van der Waals surface area contributed by atoms with Gasteiger partial charge in [0.2, 0.25) is 0 Å². The average molecular weight is 199 g/mol. The van der Waals surface area contributed by atoms with Gasteiger partial charge in [0.05, 0.1) is 6.54 Å². The van der Waals surface area contributed by atoms with Gasteiger partial charge < -0.3 is 16.2 Å². The molecule has 0 aromatic rings. The molecule has 14 heavy (non-hydrogen) atoms. The van der Waals surface area contributed by atoms with E-state index in [0.717, 1.165) is 11.0 Å². The molecule has 0 heterocycles. The van der Waals surface area contributed by atoms with Gasteiger partial charge in [-0.3, -0.25) is 15.7 Å². The molecule has 0 spiro atoms. The molecule has 7 nitrogen and oxygen atoms in total. The second kappa shape index (κ2) is 5.57. The maximum absolute atomic E-state index is 10.6. The molecule has 0 bridgehead atoms. The summed E-state index contributed by atoms with van der Waals surface area (Å²) in [6.07, 6.45) is 1.02. The molecule has 0 saturated carbocycles. The van der Waals surface area contributed by atoms with Crippen molar-refractivity contribution >= 4 is 17.9 Å². The predicted octanol–water partition coefficient (Wildman–Crippen LogP) is -1.20. The number of nitrogens with two attached hydrogens (primary N) is 2. The predicted molar refractivity (Wildman–Crippen MR) is 51.7 cm³/mol. The van der Waals surface area contributed by atoms with Gasteiger partial charge in [-0.15, -0.1) is 0 Å². The fourth-order valence-electron chi connectivity index (χ4n) is 0.667. The highest BCUT2D eigenvalue weighted by molar-refractivity contribution is 5.94. The Kier molecular flexibility index (Phi) is 4.76. The number of hydrogen-bond acceptors (Lipinski definition) is 4. The first-order chi connectivity index (χ1) is 6.49. The van der Waals surface area contributed by atoms with Crippen LogP contribution in [0.5, 0.6) is 0 Å². The molecule has 0 atom stereocenters. The van der Waals surface area contributed by atoms with Crippen LogP contribution < -0.4 is 11.5 Å². The first kappa shape index (κ1) is 11.9. The summed E-state index contributed by atoms with van der Waals surface area (Å²) in [7, 11) is 0. The van der Waals surface area contributed by atoms with E-state index in [1.54, 1.807) is 0 Å². The molecule has 0 fully saturated rings. The Balaban J connectivity index is 3.96. The Hall–Kier alpha value is -2.05. The zero-order valence-electron chi connectivity index (χ0n) is 7.62. The molecule has 0 aromatic carbocycles. The third kappa shape index (κ3) is 4.10. The van der Waals surface area contributed by atoms with Crippen LogP contribution in [0.1, 0.15) is 0 Å². The lowest BCUT2D eigenvalue weighted by atomic mass is 10.5. The van der Waals surface area contributed by atoms with Gasteiger partial charge in [-0.25, -0.2) is 4.79 Å². The van der Waals surface area contributed by atoms with Crippen molar-refractivity contribution in [1.82, 2.24) is 4.90 Å². The van der Waals surface area contributed by atoms with Crippen molar-refractivity contribution in [3.63, 3.8) is 0 Å². The molecule has 0 aliphatic rings. The standard InChI is InChI=1S/C7H13N5O2/c1-2-5(13)14-4-3-12(6(8)9)7(10)11/h2H,1,3-4H2,(H3,8,9)(H3,10,11). The summed E-state index contributed by atoms with van der Waals surface area (Å²) in [5.74, 6) is -1.31. The van der Waals surface area contributed by atoms with Crippen LogP contribution in [0.2, 0.25) is 0 Å². The molecule has 7 heteroatoms. The van der Waals surface area contributed by atoms with Crippen LogP contribution in [-0.4, -0.2) is 35.9 Å². The molecule has 0 rings (SSSR count). The number of rotatable bonds is 4. The molecule has 0 unspecified atom stereocenters. The fourth-order valence-corrected chi connectivity index (χ4v) is 0.667. The van der Waals surface area contributed by atoms with Crippen molar-refractivity contribution in [3.8, 4) is 0 Å². The molecule has 0 aromatic heterocycles. The quantitative estimate of drug-likeness (QED) is 0.196. The van der Waals surface area contributed by atoms with Crippen LogP contribution >= 0.6 is 0 Å². The van der Waals surface area contributed by atoms with Gasteiger partial charge in [-0.1, -0.05) is 6.58 Å². The van der Waals surface area contributed by atoms with Crippen molar-refractivity contribution in [2.24, 2.45) is 11.5 Å². The number of guanidine groups is 2.